The average molecular weight is 512 g/mol. The molecule has 38 heavy (non-hydrogen) atoms. The van der Waals surface area contributed by atoms with Gasteiger partial charge < -0.3 is 10.1 Å². The van der Waals surface area contributed by atoms with Gasteiger partial charge in [-0.15, -0.1) is 0 Å². The van der Waals surface area contributed by atoms with Crippen molar-refractivity contribution < 1.29 is 13.9 Å². The molecule has 0 bridgehead atoms. The molecule has 1 aliphatic rings. The molecule has 0 fully saturated rings. The number of carbonyl (C=O) groups is 1. The van der Waals surface area contributed by atoms with E-state index in [-0.39, 0.29) is 11.4 Å². The normalized spacial score (nSPS) is 13.1. The quantitative estimate of drug-likeness (QED) is 0.381. The molecular weight excluding hydrogens is 489 g/mol. The Morgan fingerprint density at radius 3 is 2.61 bits per heavy atom. The molecule has 0 saturated carbocycles. The summed E-state index contributed by atoms with van der Waals surface area (Å²) in [6, 6.07) is 11.5. The maximum atomic E-state index is 13.3. The summed E-state index contributed by atoms with van der Waals surface area (Å²) in [4.78, 5) is 30.0. The highest BCUT2D eigenvalue weighted by Gasteiger charge is 2.19. The van der Waals surface area contributed by atoms with Crippen LogP contribution in [0.25, 0.3) is 11.3 Å². The summed E-state index contributed by atoms with van der Waals surface area (Å²) in [5, 5.41) is 8.18. The Balaban J connectivity index is 1.31. The summed E-state index contributed by atoms with van der Waals surface area (Å²) in [6.45, 7) is 3.95. The second-order valence-corrected chi connectivity index (χ2v) is 8.36. The summed E-state index contributed by atoms with van der Waals surface area (Å²) in [6.07, 6.45) is 9.95. The number of amides is 1. The predicted octanol–water partition coefficient (Wildman–Crippen LogP) is 3.36. The van der Waals surface area contributed by atoms with E-state index in [1.165, 1.54) is 52.3 Å². The number of hydrogen-bond donors (Lipinski definition) is 2. The molecule has 1 aromatic carbocycles. The van der Waals surface area contributed by atoms with E-state index in [0.29, 0.717) is 22.8 Å². The van der Waals surface area contributed by atoms with Gasteiger partial charge in [-0.3, -0.25) is 23.8 Å². The summed E-state index contributed by atoms with van der Waals surface area (Å²) >= 11 is 0. The van der Waals surface area contributed by atoms with Crippen molar-refractivity contribution in [2.45, 2.75) is 0 Å². The van der Waals surface area contributed by atoms with E-state index in [1.54, 1.807) is 41.4 Å². The van der Waals surface area contributed by atoms with E-state index in [0.717, 1.165) is 11.1 Å². The molecule has 0 radical (unpaired) electrons. The maximum absolute atomic E-state index is 13.3. The Hall–Kier alpha value is -5.29. The number of allylic oxidation sites excluding steroid dienone is 2. The number of anilines is 1. The van der Waals surface area contributed by atoms with Crippen LogP contribution < -0.4 is 21.5 Å². The van der Waals surface area contributed by atoms with Crippen molar-refractivity contribution in [3.63, 3.8) is 0 Å². The number of hydrazine groups is 1. The van der Waals surface area contributed by atoms with Crippen molar-refractivity contribution in [2.75, 3.05) is 5.32 Å². The van der Waals surface area contributed by atoms with Crippen LogP contribution in [0.2, 0.25) is 0 Å². The van der Waals surface area contributed by atoms with Crippen LogP contribution >= 0.6 is 0 Å². The van der Waals surface area contributed by atoms with Crippen LogP contribution in [0.3, 0.4) is 0 Å². The summed E-state index contributed by atoms with van der Waals surface area (Å²) in [7, 11) is 1.82. The fourth-order valence-corrected chi connectivity index (χ4v) is 3.73. The fraction of sp³-hybridized carbons (Fsp3) is 0.0370. The Kier molecular flexibility index (Phi) is 6.42. The zero-order valence-electron chi connectivity index (χ0n) is 20.2. The van der Waals surface area contributed by atoms with Gasteiger partial charge in [0, 0.05) is 48.5 Å². The zero-order chi connectivity index (χ0) is 26.8. The molecule has 11 heteroatoms. The molecule has 1 amide bonds. The van der Waals surface area contributed by atoms with E-state index in [9.17, 15) is 14.0 Å². The van der Waals surface area contributed by atoms with Gasteiger partial charge in [0.2, 0.25) is 5.88 Å². The molecule has 1 aliphatic heterocycles. The Bertz CT molecular complexity index is 1650. The Morgan fingerprint density at radius 2 is 1.92 bits per heavy atom. The van der Waals surface area contributed by atoms with Crippen LogP contribution in [0.1, 0.15) is 15.9 Å². The number of carbonyl (C=O) groups excluding carboxylic acids is 1. The number of aryl methyl sites for hydroxylation is 1. The van der Waals surface area contributed by atoms with Gasteiger partial charge in [0.25, 0.3) is 11.5 Å². The first-order valence-electron chi connectivity index (χ1n) is 11.4. The smallest absolute Gasteiger partial charge is 0.267 e. The van der Waals surface area contributed by atoms with E-state index >= 15 is 0 Å². The third-order valence-corrected chi connectivity index (χ3v) is 5.70. The van der Waals surface area contributed by atoms with Crippen LogP contribution in [0.15, 0.2) is 108 Å². The number of nitrogens with two attached hydrogens (primary N) is 1. The lowest BCUT2D eigenvalue weighted by molar-refractivity contribution is 0.102. The van der Waals surface area contributed by atoms with Gasteiger partial charge in [0.15, 0.2) is 5.76 Å². The molecule has 4 heterocycles. The standard InChI is InChI=1S/C27H22FN7O3/c1-17-24(12-18(16-35(17)29)19-13-31-33(2)15-19)38-25-10-7-21(14-30-25)32-26(36)23-4-3-11-34(27(23)37)22-8-5-20(28)6-9-22/h3-16H,1,29H2,2H3,(H,32,36). The number of ether oxygens (including phenoxy) is 1. The van der Waals surface area contributed by atoms with Crippen molar-refractivity contribution in [1.82, 2.24) is 24.3 Å². The lowest BCUT2D eigenvalue weighted by Gasteiger charge is -2.24. The average Bonchev–Trinajstić information content (AvgIpc) is 3.34. The van der Waals surface area contributed by atoms with E-state index in [2.05, 4.69) is 22.0 Å². The van der Waals surface area contributed by atoms with Crippen molar-refractivity contribution in [3.05, 3.63) is 131 Å². The SMILES string of the molecule is C=C1C(Oc2ccc(NC(=O)c3cccn(-c4ccc(F)cc4)c3=O)cn2)=CC(c2cnn(C)c2)=CN1N. The van der Waals surface area contributed by atoms with E-state index in [1.807, 2.05) is 13.2 Å². The lowest BCUT2D eigenvalue weighted by atomic mass is 10.1. The number of hydrogen-bond acceptors (Lipinski definition) is 7. The fourth-order valence-electron chi connectivity index (χ4n) is 3.73. The van der Waals surface area contributed by atoms with E-state index < -0.39 is 17.3 Å². The van der Waals surface area contributed by atoms with Crippen LogP contribution in [0.5, 0.6) is 5.88 Å². The summed E-state index contributed by atoms with van der Waals surface area (Å²) in [5.74, 6) is 5.65. The molecule has 5 rings (SSSR count). The second kappa shape index (κ2) is 9.99. The molecule has 190 valence electrons. The molecule has 3 aromatic heterocycles. The summed E-state index contributed by atoms with van der Waals surface area (Å²) in [5.41, 5.74) is 2.22. The van der Waals surface area contributed by atoms with Crippen molar-refractivity contribution in [1.29, 1.82) is 0 Å². The molecule has 4 aromatic rings. The van der Waals surface area contributed by atoms with Crippen LogP contribution in [-0.4, -0.2) is 30.2 Å². The van der Waals surface area contributed by atoms with Crippen LogP contribution in [0.4, 0.5) is 10.1 Å². The number of aromatic nitrogens is 4. The second-order valence-electron chi connectivity index (χ2n) is 8.36. The largest absolute Gasteiger partial charge is 0.437 e. The van der Waals surface area contributed by atoms with Crippen LogP contribution in [0, 0.1) is 5.82 Å². The first-order valence-corrected chi connectivity index (χ1v) is 11.4. The Morgan fingerprint density at radius 1 is 1.13 bits per heavy atom. The maximum Gasteiger partial charge on any atom is 0.267 e. The van der Waals surface area contributed by atoms with Gasteiger partial charge >= 0.3 is 0 Å². The highest BCUT2D eigenvalue weighted by Crippen LogP contribution is 2.28. The first kappa shape index (κ1) is 24.4. The third kappa shape index (κ3) is 4.99. The zero-order valence-corrected chi connectivity index (χ0v) is 20.2. The summed E-state index contributed by atoms with van der Waals surface area (Å²) < 4.78 is 22.1. The molecule has 0 saturated heterocycles. The molecule has 0 unspecified atom stereocenters. The topological polar surface area (TPSA) is 120 Å². The molecule has 0 spiro atoms. The number of benzene rings is 1. The van der Waals surface area contributed by atoms with Gasteiger partial charge in [-0.25, -0.2) is 15.2 Å². The number of halogens is 1. The Labute approximate surface area is 216 Å². The van der Waals surface area contributed by atoms with Gasteiger partial charge in [0.05, 0.1) is 23.8 Å². The number of nitrogens with zero attached hydrogens (tertiary/aromatic N) is 5. The van der Waals surface area contributed by atoms with Crippen molar-refractivity contribution in [2.24, 2.45) is 12.9 Å². The van der Waals surface area contributed by atoms with Crippen LogP contribution in [-0.2, 0) is 7.05 Å². The van der Waals surface area contributed by atoms with E-state index in [4.69, 9.17) is 10.6 Å². The highest BCUT2D eigenvalue weighted by atomic mass is 19.1. The number of nitrogens with one attached hydrogen (secondary N) is 1. The molecule has 0 atom stereocenters. The monoisotopic (exact) mass is 511 g/mol. The lowest BCUT2D eigenvalue weighted by Crippen LogP contribution is -2.28. The molecular formula is C27H22FN7O3. The highest BCUT2D eigenvalue weighted by molar-refractivity contribution is 6.03. The van der Waals surface area contributed by atoms with Crippen molar-refractivity contribution in [3.8, 4) is 11.6 Å². The number of pyridine rings is 2. The van der Waals surface area contributed by atoms with Gasteiger partial charge in [0.1, 0.15) is 11.4 Å². The predicted molar refractivity (Wildman–Crippen MR) is 139 cm³/mol. The first-order chi connectivity index (χ1) is 18.3. The minimum Gasteiger partial charge on any atom is -0.437 e. The molecule has 3 N–H and O–H groups in total. The third-order valence-electron chi connectivity index (χ3n) is 5.70. The van der Waals surface area contributed by atoms with Gasteiger partial charge in [-0.1, -0.05) is 6.58 Å². The molecule has 0 aliphatic carbocycles. The number of rotatable bonds is 6. The van der Waals surface area contributed by atoms with Gasteiger partial charge in [-0.2, -0.15) is 5.10 Å². The minimum atomic E-state index is -0.615. The van der Waals surface area contributed by atoms with Crippen molar-refractivity contribution >= 4 is 17.2 Å². The van der Waals surface area contributed by atoms with Gasteiger partial charge in [-0.05, 0) is 48.5 Å². The minimum absolute atomic E-state index is 0.0847. The molecule has 10 nitrogen and oxygen atoms in total.